The van der Waals surface area contributed by atoms with Crippen LogP contribution in [0.5, 0.6) is 0 Å². The highest BCUT2D eigenvalue weighted by molar-refractivity contribution is 7.92. The van der Waals surface area contributed by atoms with Crippen molar-refractivity contribution in [2.45, 2.75) is 31.1 Å². The van der Waals surface area contributed by atoms with Crippen LogP contribution in [0, 0.1) is 5.92 Å². The Kier molecular flexibility index (Phi) is 4.45. The van der Waals surface area contributed by atoms with E-state index in [2.05, 4.69) is 16.0 Å². The van der Waals surface area contributed by atoms with Crippen LogP contribution < -0.4 is 16.0 Å². The molecule has 0 aliphatic carbocycles. The Morgan fingerprint density at radius 1 is 1.28 bits per heavy atom. The largest absolute Gasteiger partial charge is 0.338 e. The molecule has 0 aromatic carbocycles. The molecule has 0 saturated carbocycles. The number of sulfone groups is 1. The van der Waals surface area contributed by atoms with Crippen molar-refractivity contribution in [2.24, 2.45) is 5.92 Å². The van der Waals surface area contributed by atoms with E-state index < -0.39 is 15.2 Å². The molecule has 2 aliphatic rings. The third kappa shape index (κ3) is 3.58. The summed E-state index contributed by atoms with van der Waals surface area (Å²) in [6, 6.07) is -0.364. The molecule has 18 heavy (non-hydrogen) atoms. The molecule has 2 saturated heterocycles. The van der Waals surface area contributed by atoms with Crippen molar-refractivity contribution in [3.8, 4) is 0 Å². The second-order valence-corrected chi connectivity index (χ2v) is 7.37. The number of carbonyl (C=O) groups excluding carboxylic acids is 1. The Bertz CT molecular complexity index is 390. The molecule has 2 rings (SSSR count). The second kappa shape index (κ2) is 5.88. The lowest BCUT2D eigenvalue weighted by molar-refractivity contribution is 0.237. The number of nitrogens with one attached hydrogen (secondary N) is 3. The van der Waals surface area contributed by atoms with Gasteiger partial charge in [0.2, 0.25) is 0 Å². The highest BCUT2D eigenvalue weighted by atomic mass is 32.2. The molecule has 2 atom stereocenters. The zero-order valence-electron chi connectivity index (χ0n) is 10.4. The zero-order chi connectivity index (χ0) is 13.0. The van der Waals surface area contributed by atoms with Gasteiger partial charge in [0.1, 0.15) is 5.37 Å². The van der Waals surface area contributed by atoms with Crippen LogP contribution in [-0.2, 0) is 9.84 Å². The van der Waals surface area contributed by atoms with Gasteiger partial charge in [0.05, 0.1) is 5.75 Å². The maximum atomic E-state index is 11.7. The van der Waals surface area contributed by atoms with Crippen LogP contribution in [0.4, 0.5) is 4.79 Å². The van der Waals surface area contributed by atoms with Gasteiger partial charge in [0, 0.05) is 6.54 Å². The molecule has 7 heteroatoms. The summed E-state index contributed by atoms with van der Waals surface area (Å²) < 4.78 is 23.5. The van der Waals surface area contributed by atoms with Crippen LogP contribution in [0.2, 0.25) is 0 Å². The summed E-state index contributed by atoms with van der Waals surface area (Å²) >= 11 is 0. The van der Waals surface area contributed by atoms with Gasteiger partial charge in [-0.15, -0.1) is 0 Å². The Balaban J connectivity index is 1.76. The fourth-order valence-corrected chi connectivity index (χ4v) is 4.14. The molecule has 2 unspecified atom stereocenters. The summed E-state index contributed by atoms with van der Waals surface area (Å²) in [4.78, 5) is 11.6. The SMILES string of the molecule is O=C(NCC1CCNC1)NC1CCCCS1(=O)=O. The normalized spacial score (nSPS) is 30.9. The average molecular weight is 275 g/mol. The van der Waals surface area contributed by atoms with E-state index in [1.54, 1.807) is 0 Å². The molecule has 2 amide bonds. The molecule has 2 fully saturated rings. The minimum absolute atomic E-state index is 0.185. The lowest BCUT2D eigenvalue weighted by Gasteiger charge is -2.23. The predicted molar refractivity (Wildman–Crippen MR) is 68.9 cm³/mol. The van der Waals surface area contributed by atoms with Gasteiger partial charge in [-0.3, -0.25) is 0 Å². The summed E-state index contributed by atoms with van der Waals surface area (Å²) in [6.07, 6.45) is 3.15. The molecule has 104 valence electrons. The summed E-state index contributed by atoms with van der Waals surface area (Å²) in [5, 5.41) is 7.85. The van der Waals surface area contributed by atoms with Crippen LogP contribution in [0.1, 0.15) is 25.7 Å². The summed E-state index contributed by atoms with van der Waals surface area (Å²) in [5.41, 5.74) is 0. The summed E-state index contributed by atoms with van der Waals surface area (Å²) in [6.45, 7) is 2.51. The van der Waals surface area contributed by atoms with Gasteiger partial charge in [0.15, 0.2) is 9.84 Å². The van der Waals surface area contributed by atoms with Crippen molar-refractivity contribution in [1.29, 1.82) is 0 Å². The van der Waals surface area contributed by atoms with E-state index in [1.807, 2.05) is 0 Å². The van der Waals surface area contributed by atoms with Crippen molar-refractivity contribution in [1.82, 2.24) is 16.0 Å². The molecule has 0 spiro atoms. The number of hydrogen-bond donors (Lipinski definition) is 3. The topological polar surface area (TPSA) is 87.3 Å². The first kappa shape index (κ1) is 13.6. The number of carbonyl (C=O) groups is 1. The van der Waals surface area contributed by atoms with E-state index in [-0.39, 0.29) is 11.8 Å². The Hall–Kier alpha value is -0.820. The molecule has 0 aromatic rings. The molecule has 3 N–H and O–H groups in total. The van der Waals surface area contributed by atoms with Crippen molar-refractivity contribution in [3.05, 3.63) is 0 Å². The van der Waals surface area contributed by atoms with Gasteiger partial charge in [-0.25, -0.2) is 13.2 Å². The first-order valence-corrected chi connectivity index (χ1v) is 8.26. The maximum Gasteiger partial charge on any atom is 0.315 e. The first-order chi connectivity index (χ1) is 8.58. The van der Waals surface area contributed by atoms with Crippen LogP contribution in [0.3, 0.4) is 0 Å². The van der Waals surface area contributed by atoms with E-state index in [0.717, 1.165) is 25.9 Å². The van der Waals surface area contributed by atoms with Gasteiger partial charge >= 0.3 is 6.03 Å². The monoisotopic (exact) mass is 275 g/mol. The highest BCUT2D eigenvalue weighted by Crippen LogP contribution is 2.17. The quantitative estimate of drug-likeness (QED) is 0.667. The zero-order valence-corrected chi connectivity index (χ0v) is 11.3. The van der Waals surface area contributed by atoms with Gasteiger partial charge in [-0.1, -0.05) is 0 Å². The summed E-state index contributed by atoms with van der Waals surface area (Å²) in [5.74, 6) is 0.642. The fourth-order valence-electron chi connectivity index (χ4n) is 2.44. The lowest BCUT2D eigenvalue weighted by atomic mass is 10.1. The molecule has 0 radical (unpaired) electrons. The van der Waals surface area contributed by atoms with E-state index in [0.29, 0.717) is 25.3 Å². The van der Waals surface area contributed by atoms with Gasteiger partial charge < -0.3 is 16.0 Å². The highest BCUT2D eigenvalue weighted by Gasteiger charge is 2.30. The van der Waals surface area contributed by atoms with E-state index in [9.17, 15) is 13.2 Å². The minimum Gasteiger partial charge on any atom is -0.338 e. The molecule has 6 nitrogen and oxygen atoms in total. The van der Waals surface area contributed by atoms with E-state index >= 15 is 0 Å². The third-order valence-electron chi connectivity index (χ3n) is 3.58. The Labute approximate surface area is 108 Å². The molecule has 0 aromatic heterocycles. The fraction of sp³-hybridized carbons (Fsp3) is 0.909. The van der Waals surface area contributed by atoms with Crippen LogP contribution in [-0.4, -0.2) is 45.2 Å². The minimum atomic E-state index is -3.14. The number of urea groups is 1. The Morgan fingerprint density at radius 3 is 2.78 bits per heavy atom. The molecule has 2 heterocycles. The summed E-state index contributed by atoms with van der Waals surface area (Å²) in [7, 11) is -3.14. The second-order valence-electron chi connectivity index (χ2n) is 5.06. The van der Waals surface area contributed by atoms with Gasteiger partial charge in [-0.05, 0) is 44.7 Å². The lowest BCUT2D eigenvalue weighted by Crippen LogP contribution is -2.48. The van der Waals surface area contributed by atoms with Crippen LogP contribution in [0.15, 0.2) is 0 Å². The van der Waals surface area contributed by atoms with Crippen molar-refractivity contribution < 1.29 is 13.2 Å². The number of amides is 2. The van der Waals surface area contributed by atoms with Crippen LogP contribution >= 0.6 is 0 Å². The smallest absolute Gasteiger partial charge is 0.315 e. The standard InChI is InChI=1S/C11H21N3O3S/c15-11(13-8-9-4-5-12-7-9)14-10-3-1-2-6-18(10,16)17/h9-10,12H,1-8H2,(H2,13,14,15). The van der Waals surface area contributed by atoms with Gasteiger partial charge in [-0.2, -0.15) is 0 Å². The van der Waals surface area contributed by atoms with Gasteiger partial charge in [0.25, 0.3) is 0 Å². The average Bonchev–Trinajstić information content (AvgIpc) is 2.82. The number of hydrogen-bond acceptors (Lipinski definition) is 4. The van der Waals surface area contributed by atoms with Crippen molar-refractivity contribution in [3.63, 3.8) is 0 Å². The Morgan fingerprint density at radius 2 is 2.11 bits per heavy atom. The van der Waals surface area contributed by atoms with Crippen molar-refractivity contribution in [2.75, 3.05) is 25.4 Å². The third-order valence-corrected chi connectivity index (χ3v) is 5.66. The first-order valence-electron chi connectivity index (χ1n) is 6.54. The predicted octanol–water partition coefficient (Wildman–Crippen LogP) is -0.180. The van der Waals surface area contributed by atoms with E-state index in [4.69, 9.17) is 0 Å². The number of rotatable bonds is 3. The van der Waals surface area contributed by atoms with E-state index in [1.165, 1.54) is 0 Å². The maximum absolute atomic E-state index is 11.7. The molecular weight excluding hydrogens is 254 g/mol. The van der Waals surface area contributed by atoms with Crippen molar-refractivity contribution >= 4 is 15.9 Å². The molecule has 0 bridgehead atoms. The molecule has 2 aliphatic heterocycles. The van der Waals surface area contributed by atoms with Crippen LogP contribution in [0.25, 0.3) is 0 Å². The molecular formula is C11H21N3O3S.